The van der Waals surface area contributed by atoms with E-state index in [0.717, 1.165) is 17.7 Å². The molecule has 0 aromatic carbocycles. The van der Waals surface area contributed by atoms with Crippen molar-refractivity contribution in [3.05, 3.63) is 22.4 Å². The number of nitrogens with zero attached hydrogens (tertiary/aromatic N) is 1. The van der Waals surface area contributed by atoms with Gasteiger partial charge in [0.15, 0.2) is 0 Å². The summed E-state index contributed by atoms with van der Waals surface area (Å²) in [5.74, 6) is 0.688. The highest BCUT2D eigenvalue weighted by Gasteiger charge is 2.26. The number of carbonyl (C=O) groups is 1. The van der Waals surface area contributed by atoms with Crippen LogP contribution < -0.4 is 0 Å². The fraction of sp³-hybridized carbons (Fsp3) is 0.533. The van der Waals surface area contributed by atoms with Crippen molar-refractivity contribution < 1.29 is 4.79 Å². The van der Waals surface area contributed by atoms with E-state index in [-0.39, 0.29) is 5.91 Å². The number of rotatable bonds is 4. The Labute approximate surface area is 132 Å². The number of hydrogen-bond acceptors (Lipinski definition) is 3. The van der Waals surface area contributed by atoms with E-state index in [2.05, 4.69) is 11.4 Å². The highest BCUT2D eigenvalue weighted by atomic mass is 35.5. The Morgan fingerprint density at radius 1 is 1.30 bits per heavy atom. The van der Waals surface area contributed by atoms with Crippen molar-refractivity contribution in [3.8, 4) is 0 Å². The molecule has 1 saturated carbocycles. The highest BCUT2D eigenvalue weighted by Crippen LogP contribution is 2.32. The van der Waals surface area contributed by atoms with Crippen molar-refractivity contribution >= 4 is 49.6 Å². The molecule has 20 heavy (non-hydrogen) atoms. The summed E-state index contributed by atoms with van der Waals surface area (Å²) in [4.78, 5) is 15.7. The molecule has 0 radical (unpaired) electrons. The normalized spacial score (nSPS) is 16.6. The highest BCUT2D eigenvalue weighted by molar-refractivity contribution is 7.27. The number of carbonyl (C=O) groups excluding carboxylic acids is 1. The molecule has 1 aliphatic rings. The SMILES string of the molecule is O=C(c1cc2sccc2s1)N(CCCl)C1CCCCC1. The van der Waals surface area contributed by atoms with Crippen LogP contribution in [0.5, 0.6) is 0 Å². The standard InChI is InChI=1S/C15H18ClNOS2/c16-7-8-17(11-4-2-1-3-5-11)15(18)14-10-13-12(20-14)6-9-19-13/h6,9-11H,1-5,7-8H2. The summed E-state index contributed by atoms with van der Waals surface area (Å²) in [7, 11) is 0. The molecule has 1 aliphatic carbocycles. The van der Waals surface area contributed by atoms with E-state index < -0.39 is 0 Å². The van der Waals surface area contributed by atoms with Crippen LogP contribution in [0.4, 0.5) is 0 Å². The predicted octanol–water partition coefficient (Wildman–Crippen LogP) is 4.98. The zero-order valence-electron chi connectivity index (χ0n) is 11.3. The van der Waals surface area contributed by atoms with Crippen LogP contribution in [-0.2, 0) is 0 Å². The Balaban J connectivity index is 1.82. The van der Waals surface area contributed by atoms with Crippen molar-refractivity contribution in [2.75, 3.05) is 12.4 Å². The van der Waals surface area contributed by atoms with E-state index in [1.807, 2.05) is 11.0 Å². The predicted molar refractivity (Wildman–Crippen MR) is 88.3 cm³/mol. The lowest BCUT2D eigenvalue weighted by Gasteiger charge is -2.33. The summed E-state index contributed by atoms with van der Waals surface area (Å²) in [6, 6.07) is 4.51. The average molecular weight is 328 g/mol. The molecule has 108 valence electrons. The summed E-state index contributed by atoms with van der Waals surface area (Å²) >= 11 is 9.22. The molecule has 0 aliphatic heterocycles. The van der Waals surface area contributed by atoms with Gasteiger partial charge in [0.1, 0.15) is 0 Å². The molecular formula is C15H18ClNOS2. The number of fused-ring (bicyclic) bond motifs is 1. The summed E-state index contributed by atoms with van der Waals surface area (Å²) in [5, 5.41) is 2.08. The minimum absolute atomic E-state index is 0.172. The maximum Gasteiger partial charge on any atom is 0.264 e. The Morgan fingerprint density at radius 3 is 2.80 bits per heavy atom. The minimum atomic E-state index is 0.172. The van der Waals surface area contributed by atoms with Gasteiger partial charge in [-0.15, -0.1) is 34.3 Å². The van der Waals surface area contributed by atoms with E-state index in [1.165, 1.54) is 28.7 Å². The van der Waals surface area contributed by atoms with E-state index in [9.17, 15) is 4.79 Å². The second kappa shape index (κ2) is 6.46. The van der Waals surface area contributed by atoms with Gasteiger partial charge in [0.2, 0.25) is 0 Å². The summed E-state index contributed by atoms with van der Waals surface area (Å²) in [6.45, 7) is 0.663. The Kier molecular flexibility index (Phi) is 4.64. The third-order valence-corrected chi connectivity index (χ3v) is 6.20. The van der Waals surface area contributed by atoms with E-state index in [4.69, 9.17) is 11.6 Å². The summed E-state index contributed by atoms with van der Waals surface area (Å²) in [6.07, 6.45) is 6.02. The topological polar surface area (TPSA) is 20.3 Å². The smallest absolute Gasteiger partial charge is 0.264 e. The third-order valence-electron chi connectivity index (χ3n) is 3.95. The fourth-order valence-corrected chi connectivity index (χ4v) is 5.19. The molecule has 2 nitrogen and oxygen atoms in total. The lowest BCUT2D eigenvalue weighted by atomic mass is 9.94. The van der Waals surface area contributed by atoms with Gasteiger partial charge in [-0.2, -0.15) is 0 Å². The minimum Gasteiger partial charge on any atom is -0.334 e. The number of alkyl halides is 1. The number of hydrogen-bond donors (Lipinski definition) is 0. The largest absolute Gasteiger partial charge is 0.334 e. The lowest BCUT2D eigenvalue weighted by Crippen LogP contribution is -2.42. The Morgan fingerprint density at radius 2 is 2.10 bits per heavy atom. The molecule has 3 rings (SSSR count). The molecule has 0 N–H and O–H groups in total. The van der Waals surface area contributed by atoms with Crippen LogP contribution in [0.15, 0.2) is 17.5 Å². The molecule has 2 aromatic heterocycles. The van der Waals surface area contributed by atoms with Gasteiger partial charge < -0.3 is 4.90 Å². The van der Waals surface area contributed by atoms with Gasteiger partial charge in [-0.1, -0.05) is 19.3 Å². The van der Waals surface area contributed by atoms with E-state index in [1.54, 1.807) is 22.7 Å². The molecule has 1 amide bonds. The van der Waals surface area contributed by atoms with Crippen LogP contribution in [-0.4, -0.2) is 29.3 Å². The first kappa shape index (κ1) is 14.4. The molecule has 2 aromatic rings. The summed E-state index contributed by atoms with van der Waals surface area (Å²) < 4.78 is 2.43. The number of thiophene rings is 2. The first-order valence-electron chi connectivity index (χ1n) is 7.13. The van der Waals surface area contributed by atoms with Crippen molar-refractivity contribution in [1.29, 1.82) is 0 Å². The second-order valence-electron chi connectivity index (χ2n) is 5.24. The maximum absolute atomic E-state index is 12.8. The molecule has 5 heteroatoms. The van der Waals surface area contributed by atoms with Crippen molar-refractivity contribution in [1.82, 2.24) is 4.90 Å². The molecule has 0 bridgehead atoms. The van der Waals surface area contributed by atoms with Crippen molar-refractivity contribution in [2.45, 2.75) is 38.1 Å². The first-order valence-corrected chi connectivity index (χ1v) is 9.36. The van der Waals surface area contributed by atoms with Gasteiger partial charge in [0.25, 0.3) is 5.91 Å². The molecule has 2 heterocycles. The van der Waals surface area contributed by atoms with Crippen LogP contribution in [0.2, 0.25) is 0 Å². The van der Waals surface area contributed by atoms with E-state index >= 15 is 0 Å². The first-order chi connectivity index (χ1) is 9.79. The number of amides is 1. The quantitative estimate of drug-likeness (QED) is 0.725. The van der Waals surface area contributed by atoms with Gasteiger partial charge in [-0.25, -0.2) is 0 Å². The second-order valence-corrected chi connectivity index (χ2v) is 7.65. The zero-order chi connectivity index (χ0) is 13.9. The van der Waals surface area contributed by atoms with Gasteiger partial charge in [0.05, 0.1) is 4.88 Å². The fourth-order valence-electron chi connectivity index (χ4n) is 2.95. The molecule has 0 spiro atoms. The van der Waals surface area contributed by atoms with Gasteiger partial charge in [0, 0.05) is 27.9 Å². The molecule has 1 fully saturated rings. The van der Waals surface area contributed by atoms with Gasteiger partial charge in [-0.05, 0) is 30.4 Å². The zero-order valence-corrected chi connectivity index (χ0v) is 13.7. The van der Waals surface area contributed by atoms with Crippen molar-refractivity contribution in [2.24, 2.45) is 0 Å². The lowest BCUT2D eigenvalue weighted by molar-refractivity contribution is 0.0655. The Bertz CT molecular complexity index is 557. The van der Waals surface area contributed by atoms with E-state index in [0.29, 0.717) is 18.5 Å². The molecular weight excluding hydrogens is 310 g/mol. The molecule has 0 atom stereocenters. The maximum atomic E-state index is 12.8. The van der Waals surface area contributed by atoms with Crippen LogP contribution >= 0.6 is 34.3 Å². The van der Waals surface area contributed by atoms with Crippen LogP contribution in [0.1, 0.15) is 41.8 Å². The Hall–Kier alpha value is -0.580. The molecule has 0 unspecified atom stereocenters. The van der Waals surface area contributed by atoms with Crippen LogP contribution in [0, 0.1) is 0 Å². The monoisotopic (exact) mass is 327 g/mol. The van der Waals surface area contributed by atoms with Crippen molar-refractivity contribution in [3.63, 3.8) is 0 Å². The van der Waals surface area contributed by atoms with Gasteiger partial charge >= 0.3 is 0 Å². The van der Waals surface area contributed by atoms with Crippen LogP contribution in [0.3, 0.4) is 0 Å². The van der Waals surface area contributed by atoms with Gasteiger partial charge in [-0.3, -0.25) is 4.79 Å². The van der Waals surface area contributed by atoms with Crippen LogP contribution in [0.25, 0.3) is 9.40 Å². The summed E-state index contributed by atoms with van der Waals surface area (Å²) in [5.41, 5.74) is 0. The average Bonchev–Trinajstić information content (AvgIpc) is 3.06. The molecule has 0 saturated heterocycles. The third kappa shape index (κ3) is 2.87. The number of halogens is 1.